The Morgan fingerprint density at radius 3 is 2.83 bits per heavy atom. The van der Waals surface area contributed by atoms with Crippen LogP contribution in [0.4, 0.5) is 0 Å². The molecule has 3 N–H and O–H groups in total. The molecule has 1 amide bonds. The molecule has 0 aliphatic heterocycles. The lowest BCUT2D eigenvalue weighted by atomic mass is 10.0. The van der Waals surface area contributed by atoms with E-state index >= 15 is 0 Å². The van der Waals surface area contributed by atoms with Crippen molar-refractivity contribution in [3.8, 4) is 5.75 Å². The van der Waals surface area contributed by atoms with Gasteiger partial charge in [0, 0.05) is 18.5 Å². The fourth-order valence-electron chi connectivity index (χ4n) is 2.97. The van der Waals surface area contributed by atoms with Crippen LogP contribution in [0, 0.1) is 0 Å². The normalized spacial score (nSPS) is 16.7. The predicted molar refractivity (Wildman–Crippen MR) is 92.1 cm³/mol. The summed E-state index contributed by atoms with van der Waals surface area (Å²) in [6, 6.07) is 9.63. The van der Waals surface area contributed by atoms with E-state index in [0.29, 0.717) is 6.54 Å². The van der Waals surface area contributed by atoms with Gasteiger partial charge in [0.25, 0.3) is 15.9 Å². The summed E-state index contributed by atoms with van der Waals surface area (Å²) in [6.45, 7) is 0.515. The fraction of sp³-hybridized carbons (Fsp3) is 0.312. The SMILES string of the molecule is COc1cc(C(=O)NCC2CCc3ccccc32)sc1S(N)(=O)=O. The lowest BCUT2D eigenvalue weighted by molar-refractivity contribution is 0.0955. The minimum atomic E-state index is -3.92. The molecule has 1 aromatic carbocycles. The van der Waals surface area contributed by atoms with Gasteiger partial charge >= 0.3 is 0 Å². The third kappa shape index (κ3) is 3.31. The quantitative estimate of drug-likeness (QED) is 0.844. The topological polar surface area (TPSA) is 98.5 Å². The smallest absolute Gasteiger partial charge is 0.261 e. The number of carbonyl (C=O) groups is 1. The molecule has 24 heavy (non-hydrogen) atoms. The van der Waals surface area contributed by atoms with Crippen LogP contribution in [0.2, 0.25) is 0 Å². The van der Waals surface area contributed by atoms with Crippen molar-refractivity contribution < 1.29 is 17.9 Å². The molecule has 0 saturated carbocycles. The zero-order valence-corrected chi connectivity index (χ0v) is 14.7. The first-order valence-corrected chi connectivity index (χ1v) is 9.83. The highest BCUT2D eigenvalue weighted by Gasteiger charge is 2.25. The van der Waals surface area contributed by atoms with E-state index in [-0.39, 0.29) is 26.7 Å². The number of benzene rings is 1. The molecule has 1 aromatic heterocycles. The average Bonchev–Trinajstić information content (AvgIpc) is 3.16. The predicted octanol–water partition coefficient (Wildman–Crippen LogP) is 1.86. The summed E-state index contributed by atoms with van der Waals surface area (Å²) in [7, 11) is -2.57. The first-order chi connectivity index (χ1) is 11.4. The summed E-state index contributed by atoms with van der Waals surface area (Å²) in [5.74, 6) is 0.0566. The maximum atomic E-state index is 12.3. The highest BCUT2D eigenvalue weighted by molar-refractivity contribution is 7.91. The Hall–Kier alpha value is -1.90. The summed E-state index contributed by atoms with van der Waals surface area (Å²) in [4.78, 5) is 12.6. The van der Waals surface area contributed by atoms with E-state index in [0.717, 1.165) is 24.2 Å². The van der Waals surface area contributed by atoms with Crippen molar-refractivity contribution in [2.45, 2.75) is 23.0 Å². The number of aryl methyl sites for hydroxylation is 1. The monoisotopic (exact) mass is 366 g/mol. The van der Waals surface area contributed by atoms with E-state index in [9.17, 15) is 13.2 Å². The van der Waals surface area contributed by atoms with E-state index in [4.69, 9.17) is 9.88 Å². The number of rotatable bonds is 5. The Kier molecular flexibility index (Phi) is 4.62. The molecule has 1 unspecified atom stereocenters. The standard InChI is InChI=1S/C16H18N2O4S2/c1-22-13-8-14(23-16(13)24(17,20)21)15(19)18-9-11-7-6-10-4-2-3-5-12(10)11/h2-5,8,11H,6-7,9H2,1H3,(H,18,19)(H2,17,20,21). The number of sulfonamides is 1. The molecular formula is C16H18N2O4S2. The molecular weight excluding hydrogens is 348 g/mol. The Labute approximate surface area is 144 Å². The minimum absolute atomic E-state index is 0.0962. The second-order valence-electron chi connectivity index (χ2n) is 5.66. The molecule has 0 saturated heterocycles. The number of carbonyl (C=O) groups excluding carboxylic acids is 1. The molecule has 128 valence electrons. The zero-order valence-electron chi connectivity index (χ0n) is 13.1. The lowest BCUT2D eigenvalue weighted by Crippen LogP contribution is -2.27. The molecule has 0 spiro atoms. The van der Waals surface area contributed by atoms with Crippen LogP contribution in [0.1, 0.15) is 33.1 Å². The number of amides is 1. The Morgan fingerprint density at radius 1 is 1.42 bits per heavy atom. The third-order valence-corrected chi connectivity index (χ3v) is 6.71. The summed E-state index contributed by atoms with van der Waals surface area (Å²) in [5, 5.41) is 8.02. The van der Waals surface area contributed by atoms with Crippen LogP contribution in [-0.4, -0.2) is 28.0 Å². The third-order valence-electron chi connectivity index (χ3n) is 4.13. The van der Waals surface area contributed by atoms with Crippen LogP contribution in [0.5, 0.6) is 5.75 Å². The number of methoxy groups -OCH3 is 1. The van der Waals surface area contributed by atoms with Crippen molar-refractivity contribution in [3.05, 3.63) is 46.3 Å². The molecule has 0 radical (unpaired) electrons. The lowest BCUT2D eigenvalue weighted by Gasteiger charge is -2.12. The van der Waals surface area contributed by atoms with Gasteiger partial charge in [-0.15, -0.1) is 11.3 Å². The van der Waals surface area contributed by atoms with Crippen LogP contribution in [0.15, 0.2) is 34.5 Å². The first kappa shape index (κ1) is 16.9. The van der Waals surface area contributed by atoms with Gasteiger partial charge < -0.3 is 10.1 Å². The van der Waals surface area contributed by atoms with E-state index < -0.39 is 10.0 Å². The van der Waals surface area contributed by atoms with Crippen LogP contribution < -0.4 is 15.2 Å². The molecule has 1 aliphatic carbocycles. The molecule has 1 aliphatic rings. The number of ether oxygens (including phenoxy) is 1. The van der Waals surface area contributed by atoms with E-state index in [1.165, 1.54) is 24.3 Å². The zero-order chi connectivity index (χ0) is 17.3. The Morgan fingerprint density at radius 2 is 2.17 bits per heavy atom. The highest BCUT2D eigenvalue weighted by atomic mass is 32.2. The van der Waals surface area contributed by atoms with E-state index in [2.05, 4.69) is 17.4 Å². The summed E-state index contributed by atoms with van der Waals surface area (Å²) in [6.07, 6.45) is 2.01. The van der Waals surface area contributed by atoms with Crippen molar-refractivity contribution in [2.24, 2.45) is 5.14 Å². The molecule has 2 aromatic rings. The maximum Gasteiger partial charge on any atom is 0.261 e. The number of nitrogens with two attached hydrogens (primary N) is 1. The maximum absolute atomic E-state index is 12.3. The van der Waals surface area contributed by atoms with Gasteiger partial charge in [0.1, 0.15) is 0 Å². The number of hydrogen-bond donors (Lipinski definition) is 2. The molecule has 0 fully saturated rings. The highest BCUT2D eigenvalue weighted by Crippen LogP contribution is 2.34. The van der Waals surface area contributed by atoms with Gasteiger partial charge in [-0.1, -0.05) is 24.3 Å². The molecule has 6 nitrogen and oxygen atoms in total. The second kappa shape index (κ2) is 6.54. The van der Waals surface area contributed by atoms with Gasteiger partial charge in [0.05, 0.1) is 12.0 Å². The fourth-order valence-corrected chi connectivity index (χ4v) is 4.90. The van der Waals surface area contributed by atoms with E-state index in [1.54, 1.807) is 0 Å². The number of nitrogens with one attached hydrogen (secondary N) is 1. The Balaban J connectivity index is 1.72. The van der Waals surface area contributed by atoms with Gasteiger partial charge in [0.15, 0.2) is 9.96 Å². The van der Waals surface area contributed by atoms with Crippen molar-refractivity contribution in [2.75, 3.05) is 13.7 Å². The van der Waals surface area contributed by atoms with Crippen LogP contribution in [0.25, 0.3) is 0 Å². The van der Waals surface area contributed by atoms with Crippen molar-refractivity contribution in [1.82, 2.24) is 5.32 Å². The number of thiophene rings is 1. The molecule has 8 heteroatoms. The molecule has 1 atom stereocenters. The first-order valence-electron chi connectivity index (χ1n) is 7.46. The van der Waals surface area contributed by atoms with Gasteiger partial charge in [-0.05, 0) is 24.0 Å². The van der Waals surface area contributed by atoms with Gasteiger partial charge in [-0.25, -0.2) is 13.6 Å². The molecule has 1 heterocycles. The average molecular weight is 366 g/mol. The summed E-state index contributed by atoms with van der Waals surface area (Å²) in [5.41, 5.74) is 2.60. The van der Waals surface area contributed by atoms with Gasteiger partial charge in [0.2, 0.25) is 0 Å². The van der Waals surface area contributed by atoms with Crippen molar-refractivity contribution >= 4 is 27.3 Å². The summed E-state index contributed by atoms with van der Waals surface area (Å²) >= 11 is 0.817. The largest absolute Gasteiger partial charge is 0.494 e. The Bertz CT molecular complexity index is 874. The van der Waals surface area contributed by atoms with E-state index in [1.807, 2.05) is 12.1 Å². The number of primary sulfonamides is 1. The van der Waals surface area contributed by atoms with Crippen molar-refractivity contribution in [1.29, 1.82) is 0 Å². The van der Waals surface area contributed by atoms with Crippen LogP contribution in [0.3, 0.4) is 0 Å². The number of hydrogen-bond acceptors (Lipinski definition) is 5. The molecule has 3 rings (SSSR count). The summed E-state index contributed by atoms with van der Waals surface area (Å²) < 4.78 is 27.9. The van der Waals surface area contributed by atoms with Crippen LogP contribution in [-0.2, 0) is 16.4 Å². The minimum Gasteiger partial charge on any atom is -0.494 e. The van der Waals surface area contributed by atoms with Crippen LogP contribution >= 0.6 is 11.3 Å². The number of fused-ring (bicyclic) bond motifs is 1. The van der Waals surface area contributed by atoms with Gasteiger partial charge in [-0.3, -0.25) is 4.79 Å². The molecule has 0 bridgehead atoms. The van der Waals surface area contributed by atoms with Gasteiger partial charge in [-0.2, -0.15) is 0 Å². The second-order valence-corrected chi connectivity index (χ2v) is 8.46. The van der Waals surface area contributed by atoms with Crippen molar-refractivity contribution in [3.63, 3.8) is 0 Å².